The van der Waals surface area contributed by atoms with E-state index in [4.69, 9.17) is 5.73 Å². The highest BCUT2D eigenvalue weighted by atomic mass is 14.5. The Labute approximate surface area is 147 Å². The quantitative estimate of drug-likeness (QED) is 0.460. The lowest BCUT2D eigenvalue weighted by atomic mass is 9.77. The number of nitrogen functional groups attached to an aromatic ring is 1. The molecule has 0 unspecified atom stereocenters. The molecule has 128 valence electrons. The van der Waals surface area contributed by atoms with Crippen LogP contribution in [0.25, 0.3) is 11.1 Å². The summed E-state index contributed by atoms with van der Waals surface area (Å²) >= 11 is 0. The Hall–Kier alpha value is -1.76. The molecule has 2 aromatic rings. The van der Waals surface area contributed by atoms with Crippen molar-refractivity contribution in [2.45, 2.75) is 64.2 Å². The Balaban J connectivity index is 1.56. The normalized spacial score (nSPS) is 20.9. The molecule has 1 aliphatic rings. The second kappa shape index (κ2) is 8.37. The minimum absolute atomic E-state index is 0.771. The van der Waals surface area contributed by atoms with E-state index in [9.17, 15) is 0 Å². The van der Waals surface area contributed by atoms with Gasteiger partial charge in [0, 0.05) is 5.69 Å². The average molecular weight is 322 g/mol. The number of unbranched alkanes of at least 4 members (excludes halogenated alkanes) is 2. The number of hydrogen-bond donors (Lipinski definition) is 1. The van der Waals surface area contributed by atoms with E-state index in [1.807, 2.05) is 12.1 Å². The molecule has 1 heteroatoms. The minimum Gasteiger partial charge on any atom is -0.399 e. The molecule has 1 fully saturated rings. The zero-order valence-electron chi connectivity index (χ0n) is 15.0. The van der Waals surface area contributed by atoms with Crippen molar-refractivity contribution in [3.63, 3.8) is 0 Å². The van der Waals surface area contributed by atoms with Gasteiger partial charge in [-0.05, 0) is 66.3 Å². The van der Waals surface area contributed by atoms with Crippen molar-refractivity contribution < 1.29 is 0 Å². The third kappa shape index (κ3) is 4.41. The topological polar surface area (TPSA) is 26.0 Å². The molecule has 0 aliphatic heterocycles. The molecule has 0 saturated heterocycles. The maximum atomic E-state index is 5.78. The van der Waals surface area contributed by atoms with E-state index < -0.39 is 0 Å². The highest BCUT2D eigenvalue weighted by molar-refractivity contribution is 5.65. The molecule has 2 aromatic carbocycles. The predicted molar refractivity (Wildman–Crippen MR) is 105 cm³/mol. The molecule has 0 bridgehead atoms. The molecule has 3 rings (SSSR count). The first-order valence-corrected chi connectivity index (χ1v) is 9.72. The molecule has 0 amide bonds. The number of rotatable bonds is 6. The molecule has 24 heavy (non-hydrogen) atoms. The molecular weight excluding hydrogens is 290 g/mol. The standard InChI is InChI=1S/C23H31N/c1-2-3-4-5-18-6-8-19(9-7-18)20-10-12-21(13-11-20)22-14-16-23(24)17-15-22/h10-19H,2-9,24H2,1H3/t18-,19-. The van der Waals surface area contributed by atoms with Crippen LogP contribution in [0.15, 0.2) is 48.5 Å². The van der Waals surface area contributed by atoms with Gasteiger partial charge in [-0.25, -0.2) is 0 Å². The van der Waals surface area contributed by atoms with Crippen LogP contribution in [0.1, 0.15) is 69.8 Å². The molecule has 0 radical (unpaired) electrons. The van der Waals surface area contributed by atoms with Crippen molar-refractivity contribution in [3.05, 3.63) is 54.1 Å². The fraction of sp³-hybridized carbons (Fsp3) is 0.478. The van der Waals surface area contributed by atoms with Crippen LogP contribution < -0.4 is 5.73 Å². The van der Waals surface area contributed by atoms with Gasteiger partial charge in [-0.15, -0.1) is 0 Å². The summed E-state index contributed by atoms with van der Waals surface area (Å²) in [6.07, 6.45) is 11.2. The van der Waals surface area contributed by atoms with Crippen LogP contribution in [-0.4, -0.2) is 0 Å². The van der Waals surface area contributed by atoms with Gasteiger partial charge >= 0.3 is 0 Å². The molecule has 1 nitrogen and oxygen atoms in total. The molecule has 1 saturated carbocycles. The summed E-state index contributed by atoms with van der Waals surface area (Å²) in [5, 5.41) is 0. The van der Waals surface area contributed by atoms with Gasteiger partial charge in [0.05, 0.1) is 0 Å². The fourth-order valence-electron chi connectivity index (χ4n) is 4.09. The van der Waals surface area contributed by atoms with Crippen molar-refractivity contribution in [2.75, 3.05) is 5.73 Å². The summed E-state index contributed by atoms with van der Waals surface area (Å²) in [5.41, 5.74) is 10.7. The van der Waals surface area contributed by atoms with E-state index in [2.05, 4.69) is 43.3 Å². The van der Waals surface area contributed by atoms with Crippen LogP contribution >= 0.6 is 0 Å². The lowest BCUT2D eigenvalue weighted by Crippen LogP contribution is -2.13. The SMILES string of the molecule is CCCCC[C@H]1CC[C@H](c2ccc(-c3ccc(N)cc3)cc2)CC1. The Bertz CT molecular complexity index is 603. The maximum absolute atomic E-state index is 5.78. The number of anilines is 1. The van der Waals surface area contributed by atoms with Gasteiger partial charge in [0.1, 0.15) is 0 Å². The Morgan fingerprint density at radius 2 is 1.38 bits per heavy atom. The molecule has 0 aromatic heterocycles. The fourth-order valence-corrected chi connectivity index (χ4v) is 4.09. The van der Waals surface area contributed by atoms with Crippen LogP contribution in [0, 0.1) is 5.92 Å². The Morgan fingerprint density at radius 3 is 1.96 bits per heavy atom. The molecular formula is C23H31N. The second-order valence-electron chi connectivity index (χ2n) is 7.46. The third-order valence-corrected chi connectivity index (χ3v) is 5.69. The zero-order chi connectivity index (χ0) is 16.8. The van der Waals surface area contributed by atoms with Gasteiger partial charge in [-0.2, -0.15) is 0 Å². The largest absolute Gasteiger partial charge is 0.399 e. The van der Waals surface area contributed by atoms with Crippen molar-refractivity contribution in [3.8, 4) is 11.1 Å². The van der Waals surface area contributed by atoms with Crippen LogP contribution in [0.4, 0.5) is 5.69 Å². The van der Waals surface area contributed by atoms with Gasteiger partial charge in [0.25, 0.3) is 0 Å². The van der Waals surface area contributed by atoms with Crippen LogP contribution in [0.3, 0.4) is 0 Å². The highest BCUT2D eigenvalue weighted by Crippen LogP contribution is 2.38. The molecule has 1 aliphatic carbocycles. The van der Waals surface area contributed by atoms with Crippen molar-refractivity contribution in [1.29, 1.82) is 0 Å². The lowest BCUT2D eigenvalue weighted by Gasteiger charge is -2.29. The van der Waals surface area contributed by atoms with E-state index in [-0.39, 0.29) is 0 Å². The Kier molecular flexibility index (Phi) is 5.96. The summed E-state index contributed by atoms with van der Waals surface area (Å²) in [4.78, 5) is 0. The van der Waals surface area contributed by atoms with E-state index in [1.165, 1.54) is 68.1 Å². The summed E-state index contributed by atoms with van der Waals surface area (Å²) in [5.74, 6) is 1.76. The third-order valence-electron chi connectivity index (χ3n) is 5.69. The van der Waals surface area contributed by atoms with E-state index >= 15 is 0 Å². The first kappa shape index (κ1) is 17.1. The monoisotopic (exact) mass is 321 g/mol. The second-order valence-corrected chi connectivity index (χ2v) is 7.46. The van der Waals surface area contributed by atoms with Gasteiger partial charge < -0.3 is 5.73 Å². The van der Waals surface area contributed by atoms with E-state index in [0.29, 0.717) is 0 Å². The minimum atomic E-state index is 0.771. The summed E-state index contributed by atoms with van der Waals surface area (Å²) in [6, 6.07) is 17.4. The smallest absolute Gasteiger partial charge is 0.0314 e. The maximum Gasteiger partial charge on any atom is 0.0314 e. The van der Waals surface area contributed by atoms with Crippen LogP contribution in [0.5, 0.6) is 0 Å². The first-order valence-electron chi connectivity index (χ1n) is 9.72. The number of benzene rings is 2. The zero-order valence-corrected chi connectivity index (χ0v) is 15.0. The summed E-state index contributed by atoms with van der Waals surface area (Å²) in [7, 11) is 0. The van der Waals surface area contributed by atoms with Crippen molar-refractivity contribution >= 4 is 5.69 Å². The lowest BCUT2D eigenvalue weighted by molar-refractivity contribution is 0.303. The van der Waals surface area contributed by atoms with Crippen molar-refractivity contribution in [2.24, 2.45) is 5.92 Å². The van der Waals surface area contributed by atoms with Gasteiger partial charge in [0.15, 0.2) is 0 Å². The van der Waals surface area contributed by atoms with Crippen LogP contribution in [0.2, 0.25) is 0 Å². The molecule has 2 N–H and O–H groups in total. The van der Waals surface area contributed by atoms with E-state index in [0.717, 1.165) is 17.5 Å². The van der Waals surface area contributed by atoms with Crippen LogP contribution in [-0.2, 0) is 0 Å². The Morgan fingerprint density at radius 1 is 0.792 bits per heavy atom. The molecule has 0 heterocycles. The first-order chi connectivity index (χ1) is 11.8. The van der Waals surface area contributed by atoms with Gasteiger partial charge in [-0.3, -0.25) is 0 Å². The summed E-state index contributed by atoms with van der Waals surface area (Å²) < 4.78 is 0. The predicted octanol–water partition coefficient (Wildman–Crippen LogP) is 6.79. The molecule has 0 atom stereocenters. The number of hydrogen-bond acceptors (Lipinski definition) is 1. The highest BCUT2D eigenvalue weighted by Gasteiger charge is 2.21. The van der Waals surface area contributed by atoms with Gasteiger partial charge in [-0.1, -0.05) is 69.0 Å². The average Bonchev–Trinajstić information content (AvgIpc) is 2.63. The number of nitrogens with two attached hydrogens (primary N) is 1. The molecule has 0 spiro atoms. The van der Waals surface area contributed by atoms with Gasteiger partial charge in [0.2, 0.25) is 0 Å². The van der Waals surface area contributed by atoms with E-state index in [1.54, 1.807) is 0 Å². The van der Waals surface area contributed by atoms with Crippen molar-refractivity contribution in [1.82, 2.24) is 0 Å². The summed E-state index contributed by atoms with van der Waals surface area (Å²) in [6.45, 7) is 2.30.